The van der Waals surface area contributed by atoms with E-state index in [0.717, 1.165) is 40.8 Å². The molecule has 1 spiro atoms. The fourth-order valence-electron chi connectivity index (χ4n) is 9.07. The standard InChI is InChI=1S/C44H56N8O8S/c1-26(2)36(49-42(55)59-5)40(53)51-21-7-8-34(51)38-45-24-32(47-38)30-13-9-28(10-14-30)29-11-15-31(16-12-29)33-25-46-39(48-33)35-17-18-44(19-22-61(57,58)23-20-44)52(35)41(54)37(27(3)4)50-43(56)60-6/h9-16,24-27,34-37H,7-8,17-23H2,1-6H3,(H,45,47)(H,46,48)(H,49,55)(H,50,56)/t34-,35?,36-,37-/m0/s1. The number of hydrogen-bond acceptors (Lipinski definition) is 10. The van der Waals surface area contributed by atoms with Gasteiger partial charge in [0.25, 0.3) is 0 Å². The topological polar surface area (TPSA) is 209 Å². The van der Waals surface area contributed by atoms with Crippen LogP contribution in [0.2, 0.25) is 0 Å². The van der Waals surface area contributed by atoms with Crippen LogP contribution >= 0.6 is 0 Å². The Morgan fingerprint density at radius 2 is 1.31 bits per heavy atom. The fraction of sp³-hybridized carbons (Fsp3) is 0.500. The Morgan fingerprint density at radius 1 is 0.754 bits per heavy atom. The van der Waals surface area contributed by atoms with Gasteiger partial charge in [-0.2, -0.15) is 0 Å². The van der Waals surface area contributed by atoms with Gasteiger partial charge in [0.05, 0.1) is 55.4 Å². The summed E-state index contributed by atoms with van der Waals surface area (Å²) in [6.07, 6.45) is 5.76. The highest BCUT2D eigenvalue weighted by Gasteiger charge is 2.54. The third-order valence-electron chi connectivity index (χ3n) is 12.6. The van der Waals surface area contributed by atoms with Gasteiger partial charge in [-0.05, 0) is 67.1 Å². The van der Waals surface area contributed by atoms with Gasteiger partial charge in [0.2, 0.25) is 11.8 Å². The Bertz CT molecular complexity index is 2330. The number of carbonyl (C=O) groups is 4. The second kappa shape index (κ2) is 17.7. The van der Waals surface area contributed by atoms with E-state index in [0.29, 0.717) is 49.6 Å². The number of hydrogen-bond donors (Lipinski definition) is 4. The number of amides is 4. The van der Waals surface area contributed by atoms with E-state index >= 15 is 0 Å². The lowest BCUT2D eigenvalue weighted by Crippen LogP contribution is -2.59. The molecule has 61 heavy (non-hydrogen) atoms. The normalized spacial score (nSPS) is 20.5. The van der Waals surface area contributed by atoms with Gasteiger partial charge in [0, 0.05) is 23.8 Å². The summed E-state index contributed by atoms with van der Waals surface area (Å²) in [5.74, 6) is 0.525. The molecule has 1 unspecified atom stereocenters. The lowest BCUT2D eigenvalue weighted by molar-refractivity contribution is -0.142. The molecule has 16 nitrogen and oxygen atoms in total. The molecule has 17 heteroatoms. The lowest BCUT2D eigenvalue weighted by Gasteiger charge is -2.45. The molecule has 4 N–H and O–H groups in total. The van der Waals surface area contributed by atoms with Crippen molar-refractivity contribution in [1.82, 2.24) is 40.4 Å². The second-order valence-corrected chi connectivity index (χ2v) is 19.4. The number of sulfone groups is 1. The molecule has 4 aromatic rings. The average molecular weight is 857 g/mol. The summed E-state index contributed by atoms with van der Waals surface area (Å²) in [5, 5.41) is 5.40. The van der Waals surface area contributed by atoms with Gasteiger partial charge in [0.1, 0.15) is 33.6 Å². The van der Waals surface area contributed by atoms with E-state index in [1.165, 1.54) is 14.2 Å². The Kier molecular flexibility index (Phi) is 12.6. The number of nitrogens with one attached hydrogen (secondary N) is 4. The van der Waals surface area contributed by atoms with Gasteiger partial charge >= 0.3 is 12.2 Å². The van der Waals surface area contributed by atoms with Crippen molar-refractivity contribution in [3.8, 4) is 33.6 Å². The lowest BCUT2D eigenvalue weighted by atomic mass is 9.88. The molecule has 3 aliphatic heterocycles. The van der Waals surface area contributed by atoms with Crippen molar-refractivity contribution in [3.63, 3.8) is 0 Å². The van der Waals surface area contributed by atoms with Crippen molar-refractivity contribution in [2.24, 2.45) is 11.8 Å². The highest BCUT2D eigenvalue weighted by molar-refractivity contribution is 7.91. The van der Waals surface area contributed by atoms with Crippen LogP contribution in [-0.2, 0) is 28.9 Å². The van der Waals surface area contributed by atoms with Crippen LogP contribution in [0.25, 0.3) is 33.6 Å². The van der Waals surface area contributed by atoms with Crippen molar-refractivity contribution in [3.05, 3.63) is 72.6 Å². The summed E-state index contributed by atoms with van der Waals surface area (Å²) in [6, 6.07) is 14.0. The van der Waals surface area contributed by atoms with E-state index in [4.69, 9.17) is 14.5 Å². The van der Waals surface area contributed by atoms with E-state index in [1.54, 1.807) is 11.1 Å². The average Bonchev–Trinajstić information content (AvgIpc) is 4.09. The zero-order valence-electron chi connectivity index (χ0n) is 35.6. The smallest absolute Gasteiger partial charge is 0.407 e. The van der Waals surface area contributed by atoms with Crippen LogP contribution in [0, 0.1) is 11.8 Å². The fourth-order valence-corrected chi connectivity index (χ4v) is 10.7. The first kappa shape index (κ1) is 43.4. The summed E-state index contributed by atoms with van der Waals surface area (Å²) in [5.41, 5.74) is 4.74. The van der Waals surface area contributed by atoms with Crippen LogP contribution in [0.15, 0.2) is 60.9 Å². The molecule has 7 rings (SSSR count). The molecule has 3 saturated heterocycles. The van der Waals surface area contributed by atoms with Crippen LogP contribution < -0.4 is 10.6 Å². The molecule has 2 aromatic heterocycles. The maximum absolute atomic E-state index is 14.4. The Morgan fingerprint density at radius 3 is 1.89 bits per heavy atom. The van der Waals surface area contributed by atoms with Gasteiger partial charge in [-0.1, -0.05) is 76.2 Å². The third kappa shape index (κ3) is 9.02. The number of H-pyrrole nitrogens is 2. The number of aromatic amines is 2. The molecule has 4 amide bonds. The maximum Gasteiger partial charge on any atom is 0.407 e. The number of alkyl carbamates (subject to hydrolysis) is 2. The zero-order chi connectivity index (χ0) is 43.6. The number of nitrogens with zero attached hydrogens (tertiary/aromatic N) is 4. The first-order valence-corrected chi connectivity index (χ1v) is 22.8. The first-order valence-electron chi connectivity index (χ1n) is 21.0. The third-order valence-corrected chi connectivity index (χ3v) is 14.2. The maximum atomic E-state index is 14.4. The van der Waals surface area contributed by atoms with Crippen molar-refractivity contribution >= 4 is 33.8 Å². The number of imidazole rings is 2. The predicted molar refractivity (Wildman–Crippen MR) is 229 cm³/mol. The van der Waals surface area contributed by atoms with Gasteiger partial charge in [-0.15, -0.1) is 0 Å². The van der Waals surface area contributed by atoms with E-state index in [9.17, 15) is 27.6 Å². The number of benzene rings is 2. The second-order valence-electron chi connectivity index (χ2n) is 17.1. The molecule has 3 fully saturated rings. The highest BCUT2D eigenvalue weighted by atomic mass is 32.2. The molecule has 3 aliphatic rings. The van der Waals surface area contributed by atoms with E-state index in [2.05, 4.69) is 25.6 Å². The minimum Gasteiger partial charge on any atom is -0.453 e. The van der Waals surface area contributed by atoms with Crippen LogP contribution in [0.1, 0.15) is 90.0 Å². The van der Waals surface area contributed by atoms with Crippen LogP contribution in [0.3, 0.4) is 0 Å². The molecule has 0 saturated carbocycles. The predicted octanol–water partition coefficient (Wildman–Crippen LogP) is 6.17. The molecular formula is C44H56N8O8S. The molecular weight excluding hydrogens is 801 g/mol. The summed E-state index contributed by atoms with van der Waals surface area (Å²) >= 11 is 0. The molecule has 0 bridgehead atoms. The summed E-state index contributed by atoms with van der Waals surface area (Å²) in [4.78, 5) is 72.2. The van der Waals surface area contributed by atoms with E-state index < -0.39 is 45.7 Å². The van der Waals surface area contributed by atoms with Crippen LogP contribution in [0.5, 0.6) is 0 Å². The number of ether oxygens (including phenoxy) is 2. The van der Waals surface area contributed by atoms with Crippen molar-refractivity contribution < 1.29 is 37.1 Å². The molecule has 4 atom stereocenters. The molecule has 0 aliphatic carbocycles. The van der Waals surface area contributed by atoms with Crippen LogP contribution in [0.4, 0.5) is 9.59 Å². The Balaban J connectivity index is 1.05. The quantitative estimate of drug-likeness (QED) is 0.135. The van der Waals surface area contributed by atoms with Gasteiger partial charge < -0.3 is 39.9 Å². The molecule has 5 heterocycles. The monoisotopic (exact) mass is 856 g/mol. The largest absolute Gasteiger partial charge is 0.453 e. The number of aromatic nitrogens is 4. The minimum absolute atomic E-state index is 0.00437. The van der Waals surface area contributed by atoms with Gasteiger partial charge in [-0.3, -0.25) is 9.59 Å². The van der Waals surface area contributed by atoms with E-state index in [-0.39, 0.29) is 41.2 Å². The van der Waals surface area contributed by atoms with Gasteiger partial charge in [-0.25, -0.2) is 28.0 Å². The summed E-state index contributed by atoms with van der Waals surface area (Å²) in [6.45, 7) is 8.07. The van der Waals surface area contributed by atoms with Crippen LogP contribution in [-0.4, -0.2) is 112 Å². The number of methoxy groups -OCH3 is 2. The Labute approximate surface area is 356 Å². The highest BCUT2D eigenvalue weighted by Crippen LogP contribution is 2.48. The zero-order valence-corrected chi connectivity index (χ0v) is 36.4. The van der Waals surface area contributed by atoms with E-state index in [1.807, 2.05) is 87.3 Å². The van der Waals surface area contributed by atoms with Gasteiger partial charge in [0.15, 0.2) is 0 Å². The number of rotatable bonds is 11. The Hall–Kier alpha value is -5.71. The number of likely N-dealkylation sites (tertiary alicyclic amines) is 2. The molecule has 326 valence electrons. The number of carbonyl (C=O) groups excluding carboxylic acids is 4. The minimum atomic E-state index is -3.20. The van der Waals surface area contributed by atoms with Crippen molar-refractivity contribution in [2.75, 3.05) is 32.3 Å². The summed E-state index contributed by atoms with van der Waals surface area (Å²) < 4.78 is 34.6. The van der Waals surface area contributed by atoms with Crippen molar-refractivity contribution in [2.45, 2.75) is 95.9 Å². The summed E-state index contributed by atoms with van der Waals surface area (Å²) in [7, 11) is -0.665. The molecule has 0 radical (unpaired) electrons. The SMILES string of the molecule is COC(=O)N[C@H](C(=O)N1CCC[C@H]1c1ncc(-c2ccc(-c3ccc(-c4c[nH]c(C5CCC6(CCS(=O)(=O)CC6)N5C(=O)[C@@H](NC(=O)OC)C(C)C)n4)cc3)cc2)[nH]1)C(C)C. The molecule has 2 aromatic carbocycles. The van der Waals surface area contributed by atoms with Crippen molar-refractivity contribution in [1.29, 1.82) is 0 Å². The first-order chi connectivity index (χ1) is 29.1.